The van der Waals surface area contributed by atoms with Crippen LogP contribution < -0.4 is 10.0 Å². The maximum Gasteiger partial charge on any atom is 0.208 e. The minimum Gasteiger partial charge on any atom is -0.309 e. The number of benzene rings is 1. The van der Waals surface area contributed by atoms with Crippen LogP contribution in [0.15, 0.2) is 24.3 Å². The summed E-state index contributed by atoms with van der Waals surface area (Å²) in [6.45, 7) is 2.98. The molecular weight excluding hydrogens is 260 g/mol. The molecule has 1 aromatic carbocycles. The summed E-state index contributed by atoms with van der Waals surface area (Å²) in [5, 5.41) is 3.93. The Morgan fingerprint density at radius 2 is 1.82 bits per heavy atom. The van der Waals surface area contributed by atoms with E-state index in [2.05, 4.69) is 10.0 Å². The summed E-state index contributed by atoms with van der Waals surface area (Å²) in [5.41, 5.74) is 1.12. The molecule has 1 aromatic rings. The van der Waals surface area contributed by atoms with Crippen LogP contribution in [-0.2, 0) is 10.0 Å². The van der Waals surface area contributed by atoms with E-state index in [1.807, 2.05) is 31.2 Å². The molecular formula is C11H17ClN2O2S. The Morgan fingerprint density at radius 3 is 2.35 bits per heavy atom. The van der Waals surface area contributed by atoms with Crippen molar-refractivity contribution in [3.63, 3.8) is 0 Å². The molecule has 4 nitrogen and oxygen atoms in total. The van der Waals surface area contributed by atoms with Crippen molar-refractivity contribution in [2.45, 2.75) is 13.0 Å². The van der Waals surface area contributed by atoms with Gasteiger partial charge >= 0.3 is 0 Å². The molecule has 0 aliphatic carbocycles. The number of halogens is 1. The van der Waals surface area contributed by atoms with Crippen molar-refractivity contribution in [1.29, 1.82) is 0 Å². The average Bonchev–Trinajstić information content (AvgIpc) is 2.24. The van der Waals surface area contributed by atoms with Crippen LogP contribution in [0, 0.1) is 0 Å². The van der Waals surface area contributed by atoms with Gasteiger partial charge in [0, 0.05) is 24.2 Å². The third kappa shape index (κ3) is 6.02. The lowest BCUT2D eigenvalue weighted by atomic mass is 10.1. The highest BCUT2D eigenvalue weighted by Gasteiger charge is 2.04. The lowest BCUT2D eigenvalue weighted by Crippen LogP contribution is -2.32. The van der Waals surface area contributed by atoms with Crippen LogP contribution in [0.3, 0.4) is 0 Å². The molecule has 0 aromatic heterocycles. The standard InChI is InChI=1S/C11H17ClN2O2S/c1-9(10-3-5-11(12)6-4-10)13-7-8-14-17(2,15)16/h3-6,9,13-14H,7-8H2,1-2H3. The monoisotopic (exact) mass is 276 g/mol. The van der Waals surface area contributed by atoms with Gasteiger partial charge in [0.05, 0.1) is 6.26 Å². The zero-order valence-corrected chi connectivity index (χ0v) is 11.5. The third-order valence-corrected chi connectivity index (χ3v) is 3.29. The molecule has 0 aliphatic rings. The van der Waals surface area contributed by atoms with Gasteiger partial charge in [0.25, 0.3) is 0 Å². The zero-order valence-electron chi connectivity index (χ0n) is 9.90. The molecule has 6 heteroatoms. The van der Waals surface area contributed by atoms with Crippen LogP contribution in [0.25, 0.3) is 0 Å². The fourth-order valence-corrected chi connectivity index (χ4v) is 1.99. The Bertz CT molecular complexity index is 445. The van der Waals surface area contributed by atoms with E-state index < -0.39 is 10.0 Å². The van der Waals surface area contributed by atoms with Gasteiger partial charge in [-0.25, -0.2) is 13.1 Å². The Kier molecular flexibility index (Phi) is 5.39. The maximum atomic E-state index is 10.8. The van der Waals surface area contributed by atoms with Crippen molar-refractivity contribution in [1.82, 2.24) is 10.0 Å². The second kappa shape index (κ2) is 6.35. The van der Waals surface area contributed by atoms with Crippen LogP contribution in [0.2, 0.25) is 5.02 Å². The Balaban J connectivity index is 2.35. The van der Waals surface area contributed by atoms with Gasteiger partial charge in [-0.3, -0.25) is 0 Å². The maximum absolute atomic E-state index is 10.8. The minimum absolute atomic E-state index is 0.161. The largest absolute Gasteiger partial charge is 0.309 e. The quantitative estimate of drug-likeness (QED) is 0.775. The van der Waals surface area contributed by atoms with Gasteiger partial charge in [-0.2, -0.15) is 0 Å². The minimum atomic E-state index is -3.10. The molecule has 0 radical (unpaired) electrons. The van der Waals surface area contributed by atoms with Crippen LogP contribution in [0.5, 0.6) is 0 Å². The first-order valence-corrected chi connectivity index (χ1v) is 7.59. The first-order chi connectivity index (χ1) is 7.88. The Morgan fingerprint density at radius 1 is 1.24 bits per heavy atom. The van der Waals surface area contributed by atoms with E-state index in [1.165, 1.54) is 0 Å². The van der Waals surface area contributed by atoms with Crippen LogP contribution >= 0.6 is 11.6 Å². The summed E-state index contributed by atoms with van der Waals surface area (Å²) in [6, 6.07) is 7.73. The van der Waals surface area contributed by atoms with Gasteiger partial charge in [-0.15, -0.1) is 0 Å². The van der Waals surface area contributed by atoms with Gasteiger partial charge in [-0.1, -0.05) is 23.7 Å². The smallest absolute Gasteiger partial charge is 0.208 e. The molecule has 0 saturated carbocycles. The highest BCUT2D eigenvalue weighted by atomic mass is 35.5. The van der Waals surface area contributed by atoms with E-state index in [0.29, 0.717) is 18.1 Å². The third-order valence-electron chi connectivity index (χ3n) is 2.31. The molecule has 0 saturated heterocycles. The number of rotatable bonds is 6. The molecule has 0 bridgehead atoms. The molecule has 0 fully saturated rings. The van der Waals surface area contributed by atoms with Crippen molar-refractivity contribution in [3.8, 4) is 0 Å². The van der Waals surface area contributed by atoms with E-state index >= 15 is 0 Å². The lowest BCUT2D eigenvalue weighted by Gasteiger charge is -2.14. The molecule has 17 heavy (non-hydrogen) atoms. The predicted octanol–water partition coefficient (Wildman–Crippen LogP) is 1.54. The van der Waals surface area contributed by atoms with Crippen LogP contribution in [0.1, 0.15) is 18.5 Å². The Hall–Kier alpha value is -0.620. The van der Waals surface area contributed by atoms with E-state index in [4.69, 9.17) is 11.6 Å². The van der Waals surface area contributed by atoms with Crippen molar-refractivity contribution in [2.75, 3.05) is 19.3 Å². The summed E-state index contributed by atoms with van der Waals surface area (Å²) < 4.78 is 24.1. The average molecular weight is 277 g/mol. The van der Waals surface area contributed by atoms with Gasteiger partial charge in [-0.05, 0) is 24.6 Å². The highest BCUT2D eigenvalue weighted by Crippen LogP contribution is 2.15. The molecule has 0 amide bonds. The van der Waals surface area contributed by atoms with E-state index in [-0.39, 0.29) is 6.04 Å². The van der Waals surface area contributed by atoms with Crippen molar-refractivity contribution in [3.05, 3.63) is 34.9 Å². The summed E-state index contributed by atoms with van der Waals surface area (Å²) in [6.07, 6.45) is 1.15. The second-order valence-corrected chi connectivity index (χ2v) is 6.16. The second-order valence-electron chi connectivity index (χ2n) is 3.89. The van der Waals surface area contributed by atoms with Gasteiger partial charge in [0.1, 0.15) is 0 Å². The summed E-state index contributed by atoms with van der Waals surface area (Å²) in [7, 11) is -3.10. The van der Waals surface area contributed by atoms with Gasteiger partial charge in [0.2, 0.25) is 10.0 Å². The summed E-state index contributed by atoms with van der Waals surface area (Å²) in [5.74, 6) is 0. The fourth-order valence-electron chi connectivity index (χ4n) is 1.39. The topological polar surface area (TPSA) is 58.2 Å². The van der Waals surface area contributed by atoms with Gasteiger partial charge < -0.3 is 5.32 Å². The first-order valence-electron chi connectivity index (χ1n) is 5.32. The van der Waals surface area contributed by atoms with E-state index in [0.717, 1.165) is 11.8 Å². The molecule has 1 rings (SSSR count). The molecule has 2 N–H and O–H groups in total. The first kappa shape index (κ1) is 14.4. The molecule has 1 unspecified atom stereocenters. The van der Waals surface area contributed by atoms with Crippen molar-refractivity contribution in [2.24, 2.45) is 0 Å². The highest BCUT2D eigenvalue weighted by molar-refractivity contribution is 7.88. The normalized spacial score (nSPS) is 13.6. The van der Waals surface area contributed by atoms with Crippen LogP contribution in [0.4, 0.5) is 0 Å². The molecule has 0 spiro atoms. The Labute approximate surface area is 107 Å². The molecule has 0 heterocycles. The number of hydrogen-bond donors (Lipinski definition) is 2. The summed E-state index contributed by atoms with van der Waals surface area (Å²) in [4.78, 5) is 0. The number of sulfonamides is 1. The molecule has 96 valence electrons. The van der Waals surface area contributed by atoms with E-state index in [9.17, 15) is 8.42 Å². The SMILES string of the molecule is CC(NCCNS(C)(=O)=O)c1ccc(Cl)cc1. The number of nitrogens with one attached hydrogen (secondary N) is 2. The predicted molar refractivity (Wildman–Crippen MR) is 70.7 cm³/mol. The molecule has 1 atom stereocenters. The van der Waals surface area contributed by atoms with E-state index in [1.54, 1.807) is 0 Å². The van der Waals surface area contributed by atoms with Gasteiger partial charge in [0.15, 0.2) is 0 Å². The number of hydrogen-bond acceptors (Lipinski definition) is 3. The zero-order chi connectivity index (χ0) is 12.9. The van der Waals surface area contributed by atoms with Crippen molar-refractivity contribution < 1.29 is 8.42 Å². The molecule has 0 aliphatic heterocycles. The van der Waals surface area contributed by atoms with Crippen molar-refractivity contribution >= 4 is 21.6 Å². The summed E-state index contributed by atoms with van der Waals surface area (Å²) >= 11 is 5.80. The lowest BCUT2D eigenvalue weighted by molar-refractivity contribution is 0.556. The van der Waals surface area contributed by atoms with Crippen LogP contribution in [-0.4, -0.2) is 27.8 Å². The fraction of sp³-hybridized carbons (Fsp3) is 0.455.